The van der Waals surface area contributed by atoms with Crippen LogP contribution in [0.15, 0.2) is 18.2 Å². The maximum Gasteiger partial charge on any atom is 0.147 e. The minimum Gasteiger partial charge on any atom is -0.384 e. The number of nitrogens with zero attached hydrogens (tertiary/aromatic N) is 1. The number of amidine groups is 1. The van der Waals surface area contributed by atoms with E-state index in [1.165, 1.54) is 12.5 Å². The van der Waals surface area contributed by atoms with E-state index < -0.39 is 0 Å². The van der Waals surface area contributed by atoms with Crippen LogP contribution in [0.5, 0.6) is 0 Å². The summed E-state index contributed by atoms with van der Waals surface area (Å²) in [4.78, 5) is 1.97. The highest BCUT2D eigenvalue weighted by atomic mass is 19.1. The third-order valence-corrected chi connectivity index (χ3v) is 3.26. The number of nitrogen functional groups attached to an aromatic ring is 1. The van der Waals surface area contributed by atoms with E-state index in [4.69, 9.17) is 11.1 Å². The smallest absolute Gasteiger partial charge is 0.147 e. The van der Waals surface area contributed by atoms with E-state index in [-0.39, 0.29) is 11.7 Å². The molecule has 0 saturated heterocycles. The Morgan fingerprint density at radius 3 is 2.62 bits per heavy atom. The van der Waals surface area contributed by atoms with Gasteiger partial charge in [-0.05, 0) is 37.5 Å². The number of anilines is 1. The summed E-state index contributed by atoms with van der Waals surface area (Å²) in [6, 6.07) is 5.17. The fourth-order valence-electron chi connectivity index (χ4n) is 1.93. The molecule has 0 aliphatic heterocycles. The van der Waals surface area contributed by atoms with Gasteiger partial charge in [0.05, 0.1) is 5.69 Å². The van der Waals surface area contributed by atoms with Crippen LogP contribution in [0.4, 0.5) is 10.1 Å². The average molecular weight is 221 g/mol. The second kappa shape index (κ2) is 4.12. The summed E-state index contributed by atoms with van der Waals surface area (Å²) in [7, 11) is 1.91. The molecule has 0 bridgehead atoms. The van der Waals surface area contributed by atoms with Crippen molar-refractivity contribution in [2.45, 2.75) is 25.3 Å². The van der Waals surface area contributed by atoms with E-state index in [9.17, 15) is 4.39 Å². The molecule has 3 nitrogen and oxygen atoms in total. The summed E-state index contributed by atoms with van der Waals surface area (Å²) >= 11 is 0. The summed E-state index contributed by atoms with van der Waals surface area (Å²) < 4.78 is 13.8. The largest absolute Gasteiger partial charge is 0.384 e. The number of nitrogens with two attached hydrogens (primary N) is 1. The van der Waals surface area contributed by atoms with Gasteiger partial charge < -0.3 is 10.6 Å². The van der Waals surface area contributed by atoms with Gasteiger partial charge in [-0.1, -0.05) is 0 Å². The average Bonchev–Trinajstić information content (AvgIpc) is 2.14. The second-order valence-electron chi connectivity index (χ2n) is 4.28. The molecule has 3 N–H and O–H groups in total. The van der Waals surface area contributed by atoms with Gasteiger partial charge in [-0.25, -0.2) is 4.39 Å². The Kier molecular flexibility index (Phi) is 2.81. The summed E-state index contributed by atoms with van der Waals surface area (Å²) in [6.07, 6.45) is 3.48. The van der Waals surface area contributed by atoms with Gasteiger partial charge in [0.2, 0.25) is 0 Å². The predicted molar refractivity (Wildman–Crippen MR) is 63.5 cm³/mol. The molecule has 0 atom stereocenters. The number of hydrogen-bond acceptors (Lipinski definition) is 2. The van der Waals surface area contributed by atoms with Gasteiger partial charge in [-0.2, -0.15) is 0 Å². The molecule has 1 aliphatic rings. The highest BCUT2D eigenvalue weighted by molar-refractivity contribution is 5.95. The Bertz CT molecular complexity index is 413. The van der Waals surface area contributed by atoms with Crippen molar-refractivity contribution in [2.75, 3.05) is 11.9 Å². The van der Waals surface area contributed by atoms with Crippen molar-refractivity contribution in [1.29, 1.82) is 5.41 Å². The van der Waals surface area contributed by atoms with Gasteiger partial charge in [0, 0.05) is 18.7 Å². The summed E-state index contributed by atoms with van der Waals surface area (Å²) in [5.74, 6) is -0.404. The minimum absolute atomic E-state index is 0.100. The zero-order valence-corrected chi connectivity index (χ0v) is 9.33. The molecule has 2 rings (SSSR count). The molecule has 0 radical (unpaired) electrons. The lowest BCUT2D eigenvalue weighted by atomic mass is 9.91. The molecule has 0 aromatic heterocycles. The molecule has 0 spiro atoms. The summed E-state index contributed by atoms with van der Waals surface area (Å²) in [6.45, 7) is 0. The van der Waals surface area contributed by atoms with Gasteiger partial charge in [-0.3, -0.25) is 5.41 Å². The molecular formula is C12H16FN3. The zero-order valence-electron chi connectivity index (χ0n) is 9.33. The van der Waals surface area contributed by atoms with Crippen LogP contribution in [0.1, 0.15) is 24.8 Å². The van der Waals surface area contributed by atoms with E-state index in [2.05, 4.69) is 0 Å². The van der Waals surface area contributed by atoms with E-state index in [0.717, 1.165) is 12.8 Å². The fourth-order valence-corrected chi connectivity index (χ4v) is 1.93. The summed E-state index contributed by atoms with van der Waals surface area (Å²) in [5.41, 5.74) is 6.33. The quantitative estimate of drug-likeness (QED) is 0.606. The highest BCUT2D eigenvalue weighted by Crippen LogP contribution is 2.29. The van der Waals surface area contributed by atoms with Crippen molar-refractivity contribution in [3.8, 4) is 0 Å². The Morgan fingerprint density at radius 1 is 1.50 bits per heavy atom. The number of hydrogen-bond donors (Lipinski definition) is 2. The van der Waals surface area contributed by atoms with Gasteiger partial charge in [0.15, 0.2) is 0 Å². The molecule has 1 fully saturated rings. The standard InChI is InChI=1S/C12H16FN3/c1-16(9-3-2-4-9)11-6-5-8(12(14)15)7-10(11)13/h5-7,9H,2-4H2,1H3,(H3,14,15). The lowest BCUT2D eigenvalue weighted by Gasteiger charge is -2.36. The van der Waals surface area contributed by atoms with Crippen molar-refractivity contribution < 1.29 is 4.39 Å². The van der Waals surface area contributed by atoms with Crippen LogP contribution in [0.2, 0.25) is 0 Å². The number of benzene rings is 1. The molecule has 0 unspecified atom stereocenters. The first-order valence-electron chi connectivity index (χ1n) is 5.46. The maximum absolute atomic E-state index is 13.8. The third kappa shape index (κ3) is 1.87. The molecular weight excluding hydrogens is 205 g/mol. The van der Waals surface area contributed by atoms with E-state index in [0.29, 0.717) is 17.3 Å². The lowest BCUT2D eigenvalue weighted by molar-refractivity contribution is 0.398. The van der Waals surface area contributed by atoms with Gasteiger partial charge in [-0.15, -0.1) is 0 Å². The maximum atomic E-state index is 13.8. The monoisotopic (exact) mass is 221 g/mol. The van der Waals surface area contributed by atoms with Crippen molar-refractivity contribution in [3.05, 3.63) is 29.6 Å². The second-order valence-corrected chi connectivity index (χ2v) is 4.28. The lowest BCUT2D eigenvalue weighted by Crippen LogP contribution is -2.37. The van der Waals surface area contributed by atoms with Gasteiger partial charge in [0.25, 0.3) is 0 Å². The number of rotatable bonds is 3. The molecule has 0 heterocycles. The van der Waals surface area contributed by atoms with E-state index >= 15 is 0 Å². The number of halogens is 1. The van der Waals surface area contributed by atoms with Crippen molar-refractivity contribution >= 4 is 11.5 Å². The normalized spacial score (nSPS) is 15.6. The molecule has 1 aliphatic carbocycles. The van der Waals surface area contributed by atoms with E-state index in [1.54, 1.807) is 12.1 Å². The Hall–Kier alpha value is -1.58. The van der Waals surface area contributed by atoms with Crippen LogP contribution in [-0.2, 0) is 0 Å². The number of nitrogens with one attached hydrogen (secondary N) is 1. The van der Waals surface area contributed by atoms with Gasteiger partial charge >= 0.3 is 0 Å². The molecule has 16 heavy (non-hydrogen) atoms. The van der Waals surface area contributed by atoms with Crippen LogP contribution in [0.25, 0.3) is 0 Å². The third-order valence-electron chi connectivity index (χ3n) is 3.26. The van der Waals surface area contributed by atoms with Gasteiger partial charge in [0.1, 0.15) is 11.7 Å². The predicted octanol–water partition coefficient (Wildman–Crippen LogP) is 2.10. The Labute approximate surface area is 94.6 Å². The van der Waals surface area contributed by atoms with Crippen LogP contribution in [0, 0.1) is 11.2 Å². The van der Waals surface area contributed by atoms with Crippen molar-refractivity contribution in [2.24, 2.45) is 5.73 Å². The zero-order chi connectivity index (χ0) is 11.7. The van der Waals surface area contributed by atoms with Crippen LogP contribution in [0.3, 0.4) is 0 Å². The van der Waals surface area contributed by atoms with Crippen LogP contribution in [-0.4, -0.2) is 18.9 Å². The van der Waals surface area contributed by atoms with Crippen LogP contribution < -0.4 is 10.6 Å². The molecule has 0 amide bonds. The summed E-state index contributed by atoms with van der Waals surface area (Å²) in [5, 5.41) is 7.24. The Morgan fingerprint density at radius 2 is 2.19 bits per heavy atom. The molecule has 1 saturated carbocycles. The topological polar surface area (TPSA) is 53.1 Å². The highest BCUT2D eigenvalue weighted by Gasteiger charge is 2.24. The molecule has 4 heteroatoms. The first-order chi connectivity index (χ1) is 7.59. The Balaban J connectivity index is 2.24. The molecule has 1 aromatic carbocycles. The molecule has 86 valence electrons. The minimum atomic E-state index is -0.304. The SMILES string of the molecule is CN(c1ccc(C(=N)N)cc1F)C1CCC1. The molecule has 1 aromatic rings. The van der Waals surface area contributed by atoms with Crippen molar-refractivity contribution in [3.63, 3.8) is 0 Å². The fraction of sp³-hybridized carbons (Fsp3) is 0.417. The van der Waals surface area contributed by atoms with Crippen LogP contribution >= 0.6 is 0 Å². The first kappa shape index (κ1) is 10.9. The first-order valence-corrected chi connectivity index (χ1v) is 5.46. The van der Waals surface area contributed by atoms with Crippen molar-refractivity contribution in [1.82, 2.24) is 0 Å². The van der Waals surface area contributed by atoms with E-state index in [1.807, 2.05) is 11.9 Å².